The molecule has 0 fully saturated rings. The van der Waals surface area contributed by atoms with E-state index in [1.807, 2.05) is 75.4 Å². The average Bonchev–Trinajstić information content (AvgIpc) is 2.57. The molecule has 0 heterocycles. The summed E-state index contributed by atoms with van der Waals surface area (Å²) in [5, 5.41) is 0. The van der Waals surface area contributed by atoms with Gasteiger partial charge in [0.25, 0.3) is 0 Å². The first kappa shape index (κ1) is 18.6. The minimum atomic E-state index is -0.558. The fourth-order valence-corrected chi connectivity index (χ4v) is 2.21. The molecule has 0 aliphatic heterocycles. The zero-order chi connectivity index (χ0) is 18.3. The fourth-order valence-electron chi connectivity index (χ4n) is 2.21. The summed E-state index contributed by atoms with van der Waals surface area (Å²) < 4.78 is 11.3. The van der Waals surface area contributed by atoms with Crippen molar-refractivity contribution in [2.24, 2.45) is 0 Å². The van der Waals surface area contributed by atoms with Crippen LogP contribution in [0.25, 0.3) is 0 Å². The van der Waals surface area contributed by atoms with Crippen molar-refractivity contribution in [1.82, 2.24) is 0 Å². The normalized spacial score (nSPS) is 10.8. The summed E-state index contributed by atoms with van der Waals surface area (Å²) in [6.07, 6.45) is 1.26. The smallest absolute Gasteiger partial charge is 0.415 e. The van der Waals surface area contributed by atoms with Crippen molar-refractivity contribution in [3.63, 3.8) is 0 Å². The molecule has 0 radical (unpaired) electrons. The molecular formula is C21H25NO3. The molecule has 0 aliphatic carbocycles. The molecule has 0 unspecified atom stereocenters. The van der Waals surface area contributed by atoms with Crippen LogP contribution in [0.15, 0.2) is 67.3 Å². The van der Waals surface area contributed by atoms with Gasteiger partial charge in [0.2, 0.25) is 0 Å². The first-order chi connectivity index (χ1) is 11.9. The van der Waals surface area contributed by atoms with Gasteiger partial charge in [0, 0.05) is 12.6 Å². The molecule has 0 saturated heterocycles. The van der Waals surface area contributed by atoms with Gasteiger partial charge in [-0.05, 0) is 38.5 Å². The Morgan fingerprint density at radius 3 is 2.48 bits per heavy atom. The van der Waals surface area contributed by atoms with E-state index in [4.69, 9.17) is 9.47 Å². The Labute approximate surface area is 149 Å². The Bertz CT molecular complexity index is 705. The minimum Gasteiger partial charge on any atom is -0.489 e. The van der Waals surface area contributed by atoms with Crippen molar-refractivity contribution in [2.75, 3.05) is 11.4 Å². The third kappa shape index (κ3) is 5.99. The summed E-state index contributed by atoms with van der Waals surface area (Å²) >= 11 is 0. The molecule has 4 heteroatoms. The topological polar surface area (TPSA) is 38.8 Å². The molecule has 0 aliphatic rings. The van der Waals surface area contributed by atoms with E-state index in [1.165, 1.54) is 4.90 Å². The second-order valence-electron chi connectivity index (χ2n) is 6.65. The highest BCUT2D eigenvalue weighted by Gasteiger charge is 2.22. The predicted molar refractivity (Wildman–Crippen MR) is 101 cm³/mol. The molecule has 25 heavy (non-hydrogen) atoms. The Hall–Kier alpha value is -2.75. The van der Waals surface area contributed by atoms with Gasteiger partial charge in [-0.25, -0.2) is 4.79 Å². The lowest BCUT2D eigenvalue weighted by Crippen LogP contribution is -2.37. The van der Waals surface area contributed by atoms with Gasteiger partial charge >= 0.3 is 6.09 Å². The number of ether oxygens (including phenoxy) is 2. The van der Waals surface area contributed by atoms with Gasteiger partial charge in [0.15, 0.2) is 0 Å². The SMILES string of the molecule is C=CCN(C(=O)OC(C)(C)C)c1cccc(OCc2ccccc2)c1. The number of amides is 1. The van der Waals surface area contributed by atoms with Gasteiger partial charge in [-0.3, -0.25) is 4.90 Å². The number of nitrogens with zero attached hydrogens (tertiary/aromatic N) is 1. The van der Waals surface area contributed by atoms with Gasteiger partial charge in [-0.15, -0.1) is 6.58 Å². The quantitative estimate of drug-likeness (QED) is 0.680. The predicted octanol–water partition coefficient (Wildman–Crippen LogP) is 5.19. The average molecular weight is 339 g/mol. The summed E-state index contributed by atoms with van der Waals surface area (Å²) in [7, 11) is 0. The molecule has 2 aromatic rings. The van der Waals surface area contributed by atoms with Crippen LogP contribution in [-0.2, 0) is 11.3 Å². The largest absolute Gasteiger partial charge is 0.489 e. The standard InChI is InChI=1S/C21H25NO3/c1-5-14-22(20(23)25-21(2,3)4)18-12-9-13-19(15-18)24-16-17-10-7-6-8-11-17/h5-13,15H,1,14,16H2,2-4H3. The van der Waals surface area contributed by atoms with E-state index >= 15 is 0 Å². The van der Waals surface area contributed by atoms with Crippen LogP contribution in [0.5, 0.6) is 5.75 Å². The van der Waals surface area contributed by atoms with Gasteiger partial charge in [-0.2, -0.15) is 0 Å². The van der Waals surface area contributed by atoms with E-state index < -0.39 is 11.7 Å². The molecule has 0 bridgehead atoms. The fraction of sp³-hybridized carbons (Fsp3) is 0.286. The second-order valence-corrected chi connectivity index (χ2v) is 6.65. The molecule has 0 N–H and O–H groups in total. The van der Waals surface area contributed by atoms with Crippen molar-refractivity contribution < 1.29 is 14.3 Å². The van der Waals surface area contributed by atoms with E-state index in [0.29, 0.717) is 24.6 Å². The maximum atomic E-state index is 12.5. The van der Waals surface area contributed by atoms with E-state index in [9.17, 15) is 4.79 Å². The van der Waals surface area contributed by atoms with E-state index in [0.717, 1.165) is 5.56 Å². The second kappa shape index (κ2) is 8.38. The maximum absolute atomic E-state index is 12.5. The number of carbonyl (C=O) groups excluding carboxylic acids is 1. The number of hydrogen-bond acceptors (Lipinski definition) is 3. The van der Waals surface area contributed by atoms with Crippen LogP contribution in [-0.4, -0.2) is 18.2 Å². The number of carbonyl (C=O) groups is 1. The highest BCUT2D eigenvalue weighted by Crippen LogP contribution is 2.24. The molecule has 0 saturated carbocycles. The molecule has 1 amide bonds. The number of hydrogen-bond donors (Lipinski definition) is 0. The summed E-state index contributed by atoms with van der Waals surface area (Å²) in [6, 6.07) is 17.3. The summed E-state index contributed by atoms with van der Waals surface area (Å²) in [5.41, 5.74) is 1.24. The van der Waals surface area contributed by atoms with Crippen molar-refractivity contribution in [2.45, 2.75) is 33.0 Å². The number of rotatable bonds is 6. The molecule has 0 atom stereocenters. The molecule has 4 nitrogen and oxygen atoms in total. The third-order valence-corrected chi connectivity index (χ3v) is 3.30. The first-order valence-electron chi connectivity index (χ1n) is 8.27. The van der Waals surface area contributed by atoms with Gasteiger partial charge < -0.3 is 9.47 Å². The van der Waals surface area contributed by atoms with Gasteiger partial charge in [-0.1, -0.05) is 42.5 Å². The number of benzene rings is 2. The first-order valence-corrected chi connectivity index (χ1v) is 8.27. The van der Waals surface area contributed by atoms with Crippen LogP contribution in [0, 0.1) is 0 Å². The molecule has 2 rings (SSSR count). The zero-order valence-electron chi connectivity index (χ0n) is 15.1. The van der Waals surface area contributed by atoms with Crippen LogP contribution in [0.4, 0.5) is 10.5 Å². The van der Waals surface area contributed by atoms with Crippen LogP contribution in [0.1, 0.15) is 26.3 Å². The molecular weight excluding hydrogens is 314 g/mol. The third-order valence-electron chi connectivity index (χ3n) is 3.30. The summed E-state index contributed by atoms with van der Waals surface area (Å²) in [4.78, 5) is 14.0. The van der Waals surface area contributed by atoms with Crippen molar-refractivity contribution in [3.05, 3.63) is 72.8 Å². The van der Waals surface area contributed by atoms with E-state index in [1.54, 1.807) is 6.08 Å². The maximum Gasteiger partial charge on any atom is 0.415 e. The van der Waals surface area contributed by atoms with Gasteiger partial charge in [0.1, 0.15) is 18.0 Å². The summed E-state index contributed by atoms with van der Waals surface area (Å²) in [6.45, 7) is 10.1. The van der Waals surface area contributed by atoms with Crippen LogP contribution >= 0.6 is 0 Å². The molecule has 0 aromatic heterocycles. The monoisotopic (exact) mass is 339 g/mol. The molecule has 0 spiro atoms. The lowest BCUT2D eigenvalue weighted by Gasteiger charge is -2.27. The Kier molecular flexibility index (Phi) is 6.23. The van der Waals surface area contributed by atoms with Crippen molar-refractivity contribution >= 4 is 11.8 Å². The highest BCUT2D eigenvalue weighted by atomic mass is 16.6. The number of anilines is 1. The zero-order valence-corrected chi connectivity index (χ0v) is 15.1. The van der Waals surface area contributed by atoms with Crippen molar-refractivity contribution in [1.29, 1.82) is 0 Å². The Morgan fingerprint density at radius 1 is 1.12 bits per heavy atom. The van der Waals surface area contributed by atoms with Crippen LogP contribution < -0.4 is 9.64 Å². The van der Waals surface area contributed by atoms with Crippen LogP contribution in [0.2, 0.25) is 0 Å². The molecule has 132 valence electrons. The van der Waals surface area contributed by atoms with E-state index in [-0.39, 0.29) is 0 Å². The highest BCUT2D eigenvalue weighted by molar-refractivity contribution is 5.88. The van der Waals surface area contributed by atoms with E-state index in [2.05, 4.69) is 6.58 Å². The van der Waals surface area contributed by atoms with Gasteiger partial charge in [0.05, 0.1) is 5.69 Å². The summed E-state index contributed by atoms with van der Waals surface area (Å²) in [5.74, 6) is 0.693. The van der Waals surface area contributed by atoms with Crippen molar-refractivity contribution in [3.8, 4) is 5.75 Å². The lowest BCUT2D eigenvalue weighted by molar-refractivity contribution is 0.0584. The Morgan fingerprint density at radius 2 is 1.84 bits per heavy atom. The lowest BCUT2D eigenvalue weighted by atomic mass is 10.2. The van der Waals surface area contributed by atoms with Crippen LogP contribution in [0.3, 0.4) is 0 Å². The minimum absolute atomic E-state index is 0.358. The Balaban J connectivity index is 2.13. The molecule has 2 aromatic carbocycles.